The van der Waals surface area contributed by atoms with Crippen molar-refractivity contribution in [2.75, 3.05) is 0 Å². The molecule has 0 aliphatic rings. The summed E-state index contributed by atoms with van der Waals surface area (Å²) in [6.07, 6.45) is 2.91. The Morgan fingerprint density at radius 3 is 2.78 bits per heavy atom. The van der Waals surface area contributed by atoms with Gasteiger partial charge in [-0.3, -0.25) is 0 Å². The van der Waals surface area contributed by atoms with Crippen molar-refractivity contribution < 1.29 is 9.90 Å². The van der Waals surface area contributed by atoms with Crippen LogP contribution in [0, 0.1) is 11.3 Å². The summed E-state index contributed by atoms with van der Waals surface area (Å²) in [6.45, 7) is 0. The molecule has 0 aliphatic carbocycles. The molecule has 0 aliphatic heterocycles. The third kappa shape index (κ3) is 2.84. The molecule has 0 bridgehead atoms. The second kappa shape index (κ2) is 5.29. The van der Waals surface area contributed by atoms with Crippen LogP contribution in [0.4, 0.5) is 0 Å². The van der Waals surface area contributed by atoms with Crippen LogP contribution in [0.1, 0.15) is 16.1 Å². The number of nitriles is 1. The zero-order chi connectivity index (χ0) is 13.0. The Morgan fingerprint density at radius 2 is 2.17 bits per heavy atom. The van der Waals surface area contributed by atoms with E-state index < -0.39 is 5.97 Å². The van der Waals surface area contributed by atoms with Crippen LogP contribution in [0.15, 0.2) is 46.6 Å². The topological polar surface area (TPSA) is 86.9 Å². The lowest BCUT2D eigenvalue weighted by Gasteiger charge is -2.01. The first-order valence-corrected chi connectivity index (χ1v) is 5.74. The lowest BCUT2D eigenvalue weighted by atomic mass is 10.3. The zero-order valence-corrected chi connectivity index (χ0v) is 9.89. The van der Waals surface area contributed by atoms with Crippen LogP contribution in [-0.2, 0) is 0 Å². The second-order valence-electron chi connectivity index (χ2n) is 3.28. The predicted molar refractivity (Wildman–Crippen MR) is 64.3 cm³/mol. The van der Waals surface area contributed by atoms with Crippen molar-refractivity contribution in [3.63, 3.8) is 0 Å². The predicted octanol–water partition coefficient (Wildman–Crippen LogP) is 2.20. The zero-order valence-electron chi connectivity index (χ0n) is 9.07. The summed E-state index contributed by atoms with van der Waals surface area (Å²) in [7, 11) is 0. The van der Waals surface area contributed by atoms with E-state index in [4.69, 9.17) is 10.4 Å². The van der Waals surface area contributed by atoms with Crippen LogP contribution in [0.2, 0.25) is 0 Å². The van der Waals surface area contributed by atoms with E-state index in [0.29, 0.717) is 10.6 Å². The highest BCUT2D eigenvalue weighted by molar-refractivity contribution is 7.99. The van der Waals surface area contributed by atoms with Gasteiger partial charge in [0.2, 0.25) is 0 Å². The maximum atomic E-state index is 10.8. The van der Waals surface area contributed by atoms with Crippen LogP contribution in [0.25, 0.3) is 0 Å². The fraction of sp³-hybridized carbons (Fsp3) is 0. The lowest BCUT2D eigenvalue weighted by molar-refractivity contribution is 0.0690. The summed E-state index contributed by atoms with van der Waals surface area (Å²) < 4.78 is 0. The van der Waals surface area contributed by atoms with Gasteiger partial charge in [0.05, 0.1) is 5.56 Å². The minimum atomic E-state index is -1.06. The number of hydrogen-bond donors (Lipinski definition) is 1. The van der Waals surface area contributed by atoms with E-state index in [9.17, 15) is 4.79 Å². The van der Waals surface area contributed by atoms with E-state index in [1.54, 1.807) is 18.2 Å². The first-order valence-electron chi connectivity index (χ1n) is 4.92. The van der Waals surface area contributed by atoms with Gasteiger partial charge in [0.25, 0.3) is 0 Å². The minimum absolute atomic E-state index is 0.00588. The molecule has 0 unspecified atom stereocenters. The largest absolute Gasteiger partial charge is 0.477 e. The number of carboxylic acid groups (broad SMARTS) is 1. The van der Waals surface area contributed by atoms with Gasteiger partial charge < -0.3 is 5.11 Å². The Balaban J connectivity index is 2.20. The highest BCUT2D eigenvalue weighted by Gasteiger charge is 2.06. The molecular weight excluding hydrogens is 250 g/mol. The van der Waals surface area contributed by atoms with Gasteiger partial charge in [-0.2, -0.15) is 5.26 Å². The molecule has 5 nitrogen and oxygen atoms in total. The molecular formula is C12H7N3O2S. The van der Waals surface area contributed by atoms with Gasteiger partial charge in [-0.05, 0) is 24.3 Å². The fourth-order valence-corrected chi connectivity index (χ4v) is 2.00. The molecule has 0 radical (unpaired) electrons. The number of aromatic carboxylic acids is 1. The van der Waals surface area contributed by atoms with Gasteiger partial charge in [-0.15, -0.1) is 0 Å². The van der Waals surface area contributed by atoms with Crippen molar-refractivity contribution >= 4 is 17.7 Å². The van der Waals surface area contributed by atoms with Crippen LogP contribution >= 0.6 is 11.8 Å². The summed E-state index contributed by atoms with van der Waals surface area (Å²) >= 11 is 1.31. The van der Waals surface area contributed by atoms with E-state index in [1.807, 2.05) is 6.07 Å². The maximum Gasteiger partial charge on any atom is 0.354 e. The Hall–Kier alpha value is -2.39. The number of carboxylic acids is 1. The number of rotatable bonds is 3. The molecule has 0 atom stereocenters. The van der Waals surface area contributed by atoms with Crippen LogP contribution in [-0.4, -0.2) is 21.0 Å². The van der Waals surface area contributed by atoms with Gasteiger partial charge in [0.15, 0.2) is 0 Å². The van der Waals surface area contributed by atoms with E-state index in [0.717, 1.165) is 4.90 Å². The second-order valence-corrected chi connectivity index (χ2v) is 4.37. The van der Waals surface area contributed by atoms with Crippen molar-refractivity contribution in [1.29, 1.82) is 5.26 Å². The summed E-state index contributed by atoms with van der Waals surface area (Å²) in [5.74, 6) is -1.06. The van der Waals surface area contributed by atoms with E-state index >= 15 is 0 Å². The molecule has 0 saturated carbocycles. The van der Waals surface area contributed by atoms with Gasteiger partial charge in [-0.1, -0.05) is 11.8 Å². The highest BCUT2D eigenvalue weighted by atomic mass is 32.2. The number of pyridine rings is 2. The van der Waals surface area contributed by atoms with Crippen molar-refractivity contribution in [1.82, 2.24) is 9.97 Å². The van der Waals surface area contributed by atoms with Crippen LogP contribution in [0.5, 0.6) is 0 Å². The number of nitrogens with zero attached hydrogens (tertiary/aromatic N) is 3. The van der Waals surface area contributed by atoms with Gasteiger partial charge in [-0.25, -0.2) is 14.8 Å². The van der Waals surface area contributed by atoms with Crippen LogP contribution in [0.3, 0.4) is 0 Å². The Bertz CT molecular complexity index is 620. The monoisotopic (exact) mass is 257 g/mol. The molecule has 0 spiro atoms. The minimum Gasteiger partial charge on any atom is -0.477 e. The third-order valence-electron chi connectivity index (χ3n) is 2.04. The Morgan fingerprint density at radius 1 is 1.33 bits per heavy atom. The van der Waals surface area contributed by atoms with E-state index in [1.165, 1.54) is 30.2 Å². The summed E-state index contributed by atoms with van der Waals surface area (Å²) in [5, 5.41) is 18.2. The average molecular weight is 257 g/mol. The number of hydrogen-bond acceptors (Lipinski definition) is 5. The molecule has 2 rings (SSSR count). The van der Waals surface area contributed by atoms with Crippen molar-refractivity contribution in [2.24, 2.45) is 0 Å². The Labute approximate surface area is 107 Å². The molecule has 0 fully saturated rings. The highest BCUT2D eigenvalue weighted by Crippen LogP contribution is 2.25. The first-order chi connectivity index (χ1) is 8.69. The van der Waals surface area contributed by atoms with Gasteiger partial charge in [0, 0.05) is 17.3 Å². The SMILES string of the molecule is N#Cc1ccc(Sc2ccnc(C(=O)O)c2)nc1. The smallest absolute Gasteiger partial charge is 0.354 e. The summed E-state index contributed by atoms with van der Waals surface area (Å²) in [6, 6.07) is 8.54. The average Bonchev–Trinajstić information content (AvgIpc) is 2.40. The quantitative estimate of drug-likeness (QED) is 0.906. The molecule has 0 aromatic carbocycles. The number of carbonyl (C=O) groups is 1. The first kappa shape index (κ1) is 12.1. The van der Waals surface area contributed by atoms with E-state index in [2.05, 4.69) is 9.97 Å². The fourth-order valence-electron chi connectivity index (χ4n) is 1.22. The summed E-state index contributed by atoms with van der Waals surface area (Å²) in [5.41, 5.74) is 0.481. The number of aromatic nitrogens is 2. The molecule has 6 heteroatoms. The molecule has 0 saturated heterocycles. The standard InChI is InChI=1S/C12H7N3O2S/c13-6-8-1-2-11(15-7-8)18-9-3-4-14-10(5-9)12(16)17/h1-5,7H,(H,16,17). The van der Waals surface area contributed by atoms with E-state index in [-0.39, 0.29) is 5.69 Å². The maximum absolute atomic E-state index is 10.8. The lowest BCUT2D eigenvalue weighted by Crippen LogP contribution is -1.99. The van der Waals surface area contributed by atoms with Gasteiger partial charge >= 0.3 is 5.97 Å². The van der Waals surface area contributed by atoms with Crippen molar-refractivity contribution in [3.8, 4) is 6.07 Å². The molecule has 2 aromatic heterocycles. The molecule has 0 amide bonds. The molecule has 1 N–H and O–H groups in total. The molecule has 88 valence electrons. The summed E-state index contributed by atoms with van der Waals surface area (Å²) in [4.78, 5) is 19.3. The molecule has 2 aromatic rings. The normalized spacial score (nSPS) is 9.72. The molecule has 18 heavy (non-hydrogen) atoms. The molecule has 2 heterocycles. The van der Waals surface area contributed by atoms with Crippen molar-refractivity contribution in [3.05, 3.63) is 47.9 Å². The third-order valence-corrected chi connectivity index (χ3v) is 2.98. The van der Waals surface area contributed by atoms with Crippen LogP contribution < -0.4 is 0 Å². The van der Waals surface area contributed by atoms with Crippen molar-refractivity contribution in [2.45, 2.75) is 9.92 Å². The Kier molecular flexibility index (Phi) is 3.55. The van der Waals surface area contributed by atoms with Gasteiger partial charge in [0.1, 0.15) is 16.8 Å².